The van der Waals surface area contributed by atoms with Crippen LogP contribution in [-0.2, 0) is 10.5 Å². The van der Waals surface area contributed by atoms with Gasteiger partial charge in [0, 0.05) is 40.6 Å². The highest BCUT2D eigenvalue weighted by Crippen LogP contribution is 2.28. The Morgan fingerprint density at radius 2 is 2.07 bits per heavy atom. The normalized spacial score (nSPS) is 10.7. The lowest BCUT2D eigenvalue weighted by atomic mass is 10.2. The number of thiazole rings is 1. The van der Waals surface area contributed by atoms with Crippen LogP contribution >= 0.6 is 23.1 Å². The summed E-state index contributed by atoms with van der Waals surface area (Å²) < 4.78 is 31.3. The second-order valence-corrected chi connectivity index (χ2v) is 7.82. The van der Waals surface area contributed by atoms with E-state index in [4.69, 9.17) is 4.74 Å². The van der Waals surface area contributed by atoms with Crippen molar-refractivity contribution in [3.63, 3.8) is 0 Å². The van der Waals surface area contributed by atoms with Crippen molar-refractivity contribution in [3.05, 3.63) is 65.2 Å². The Bertz CT molecular complexity index is 963. The van der Waals surface area contributed by atoms with Crippen molar-refractivity contribution in [2.75, 3.05) is 18.2 Å². The maximum Gasteiger partial charge on any atom is 0.225 e. The van der Waals surface area contributed by atoms with Gasteiger partial charge in [0.1, 0.15) is 10.8 Å². The Labute approximate surface area is 170 Å². The van der Waals surface area contributed by atoms with Crippen LogP contribution in [-0.4, -0.2) is 23.8 Å². The number of hydrogen-bond acceptors (Lipinski definition) is 5. The Kier molecular flexibility index (Phi) is 7.00. The second kappa shape index (κ2) is 9.66. The summed E-state index contributed by atoms with van der Waals surface area (Å²) in [5.41, 5.74) is 2.21. The van der Waals surface area contributed by atoms with Gasteiger partial charge in [0.05, 0.1) is 12.8 Å². The molecule has 0 unspecified atom stereocenters. The maximum absolute atomic E-state index is 13.1. The van der Waals surface area contributed by atoms with Crippen molar-refractivity contribution in [3.8, 4) is 16.3 Å². The topological polar surface area (TPSA) is 51.2 Å². The predicted molar refractivity (Wildman–Crippen MR) is 110 cm³/mol. The smallest absolute Gasteiger partial charge is 0.225 e. The monoisotopic (exact) mass is 420 g/mol. The van der Waals surface area contributed by atoms with Crippen LogP contribution in [0.15, 0.2) is 47.8 Å². The van der Waals surface area contributed by atoms with E-state index in [0.717, 1.165) is 34.1 Å². The van der Waals surface area contributed by atoms with Crippen molar-refractivity contribution in [2.45, 2.75) is 12.2 Å². The molecule has 1 N–H and O–H groups in total. The molecule has 0 bridgehead atoms. The van der Waals surface area contributed by atoms with Crippen LogP contribution in [0.1, 0.15) is 12.1 Å². The van der Waals surface area contributed by atoms with Crippen LogP contribution in [0.3, 0.4) is 0 Å². The Hall–Kier alpha value is -2.45. The van der Waals surface area contributed by atoms with Crippen LogP contribution in [0.5, 0.6) is 5.75 Å². The third-order valence-corrected chi connectivity index (χ3v) is 5.73. The van der Waals surface area contributed by atoms with Gasteiger partial charge < -0.3 is 10.1 Å². The third kappa shape index (κ3) is 5.53. The quantitative estimate of drug-likeness (QED) is 0.499. The minimum Gasteiger partial charge on any atom is -0.497 e. The van der Waals surface area contributed by atoms with Crippen LogP contribution in [0, 0.1) is 11.6 Å². The van der Waals surface area contributed by atoms with E-state index in [2.05, 4.69) is 10.3 Å². The van der Waals surface area contributed by atoms with Crippen molar-refractivity contribution in [2.24, 2.45) is 0 Å². The molecule has 0 fully saturated rings. The van der Waals surface area contributed by atoms with Crippen molar-refractivity contribution >= 4 is 34.7 Å². The molecule has 0 spiro atoms. The molecule has 4 nitrogen and oxygen atoms in total. The molecule has 146 valence electrons. The van der Waals surface area contributed by atoms with Crippen molar-refractivity contribution in [1.82, 2.24) is 4.98 Å². The van der Waals surface area contributed by atoms with E-state index in [1.807, 2.05) is 29.6 Å². The van der Waals surface area contributed by atoms with E-state index in [1.165, 1.54) is 6.07 Å². The van der Waals surface area contributed by atoms with Gasteiger partial charge in [-0.2, -0.15) is 11.8 Å². The first kappa shape index (κ1) is 20.3. The van der Waals surface area contributed by atoms with Gasteiger partial charge >= 0.3 is 0 Å². The number of hydrogen-bond donors (Lipinski definition) is 1. The number of anilines is 1. The van der Waals surface area contributed by atoms with E-state index in [0.29, 0.717) is 11.5 Å². The number of nitrogens with zero attached hydrogens (tertiary/aromatic N) is 1. The molecule has 3 aromatic rings. The highest BCUT2D eigenvalue weighted by atomic mass is 32.2. The molecule has 3 rings (SSSR count). The molecule has 1 amide bonds. The molecule has 2 aromatic carbocycles. The number of carbonyl (C=O) groups excluding carboxylic acids is 1. The summed E-state index contributed by atoms with van der Waals surface area (Å²) >= 11 is 3.16. The van der Waals surface area contributed by atoms with Gasteiger partial charge in [-0.05, 0) is 24.3 Å². The van der Waals surface area contributed by atoms with Gasteiger partial charge in [0.2, 0.25) is 5.91 Å². The van der Waals surface area contributed by atoms with Gasteiger partial charge in [-0.1, -0.05) is 12.1 Å². The molecule has 0 aliphatic carbocycles. The first-order chi connectivity index (χ1) is 13.5. The van der Waals surface area contributed by atoms with Gasteiger partial charge in [-0.15, -0.1) is 11.3 Å². The summed E-state index contributed by atoms with van der Waals surface area (Å²) in [6.45, 7) is 0. The van der Waals surface area contributed by atoms with E-state index >= 15 is 0 Å². The molecule has 0 radical (unpaired) electrons. The molecular formula is C20H18F2N2O2S2. The summed E-state index contributed by atoms with van der Waals surface area (Å²) in [4.78, 5) is 16.5. The zero-order chi connectivity index (χ0) is 19.9. The van der Waals surface area contributed by atoms with Gasteiger partial charge in [-0.3, -0.25) is 4.79 Å². The molecule has 0 saturated carbocycles. The molecule has 0 atom stereocenters. The number of methoxy groups -OCH3 is 1. The Morgan fingerprint density at radius 1 is 1.21 bits per heavy atom. The minimum atomic E-state index is -0.984. The summed E-state index contributed by atoms with van der Waals surface area (Å²) in [7, 11) is 1.63. The molecule has 1 heterocycles. The van der Waals surface area contributed by atoms with Crippen LogP contribution in [0.25, 0.3) is 10.6 Å². The second-order valence-electron chi connectivity index (χ2n) is 5.86. The average Bonchev–Trinajstić information content (AvgIpc) is 3.17. The molecule has 8 heteroatoms. The van der Waals surface area contributed by atoms with Crippen LogP contribution < -0.4 is 10.1 Å². The largest absolute Gasteiger partial charge is 0.497 e. The summed E-state index contributed by atoms with van der Waals surface area (Å²) in [5.74, 6) is -0.0855. The fourth-order valence-electron chi connectivity index (χ4n) is 2.40. The fourth-order valence-corrected chi connectivity index (χ4v) is 4.15. The van der Waals surface area contributed by atoms with Crippen LogP contribution in [0.4, 0.5) is 14.5 Å². The molecule has 1 aromatic heterocycles. The fraction of sp³-hybridized carbons (Fsp3) is 0.200. The average molecular weight is 421 g/mol. The zero-order valence-corrected chi connectivity index (χ0v) is 16.7. The lowest BCUT2D eigenvalue weighted by Crippen LogP contribution is -2.12. The highest BCUT2D eigenvalue weighted by Gasteiger charge is 2.08. The Morgan fingerprint density at radius 3 is 2.86 bits per heavy atom. The predicted octanol–water partition coefficient (Wildman–Crippen LogP) is 5.36. The number of rotatable bonds is 8. The Balaban J connectivity index is 1.44. The lowest BCUT2D eigenvalue weighted by Gasteiger charge is -2.05. The number of halogens is 2. The SMILES string of the molecule is COc1cccc(-c2nc(CSCCC(=O)Nc3ccc(F)c(F)c3)cs2)c1. The number of benzene rings is 2. The summed E-state index contributed by atoms with van der Waals surface area (Å²) in [5, 5.41) is 5.49. The first-order valence-electron chi connectivity index (χ1n) is 8.46. The molecular weight excluding hydrogens is 402 g/mol. The van der Waals surface area contributed by atoms with Crippen molar-refractivity contribution in [1.29, 1.82) is 0 Å². The number of aromatic nitrogens is 1. The van der Waals surface area contributed by atoms with Gasteiger partial charge in [0.25, 0.3) is 0 Å². The van der Waals surface area contributed by atoms with Crippen molar-refractivity contribution < 1.29 is 18.3 Å². The number of ether oxygens (including phenoxy) is 1. The standard InChI is InChI=1S/C20H18F2N2O2S2/c1-26-16-4-2-3-13(9-16)20-24-15(12-28-20)11-27-8-7-19(25)23-14-5-6-17(21)18(22)10-14/h2-6,9-10,12H,7-8,11H2,1H3,(H,23,25). The summed E-state index contributed by atoms with van der Waals surface area (Å²) in [6, 6.07) is 11.0. The van der Waals surface area contributed by atoms with E-state index in [1.54, 1.807) is 30.2 Å². The molecule has 0 saturated heterocycles. The first-order valence-corrected chi connectivity index (χ1v) is 10.5. The minimum absolute atomic E-state index is 0.242. The van der Waals surface area contributed by atoms with E-state index < -0.39 is 11.6 Å². The van der Waals surface area contributed by atoms with Gasteiger partial charge in [0.15, 0.2) is 11.6 Å². The number of amides is 1. The van der Waals surface area contributed by atoms with Crippen LogP contribution in [0.2, 0.25) is 0 Å². The zero-order valence-electron chi connectivity index (χ0n) is 15.1. The van der Waals surface area contributed by atoms with E-state index in [9.17, 15) is 13.6 Å². The number of carbonyl (C=O) groups is 1. The van der Waals surface area contributed by atoms with E-state index in [-0.39, 0.29) is 18.0 Å². The highest BCUT2D eigenvalue weighted by molar-refractivity contribution is 7.98. The maximum atomic E-state index is 13.1. The number of nitrogens with one attached hydrogen (secondary N) is 1. The molecule has 28 heavy (non-hydrogen) atoms. The lowest BCUT2D eigenvalue weighted by molar-refractivity contribution is -0.115. The molecule has 0 aliphatic heterocycles. The summed E-state index contributed by atoms with van der Waals surface area (Å²) in [6.07, 6.45) is 0.274. The molecule has 0 aliphatic rings. The number of thioether (sulfide) groups is 1. The van der Waals surface area contributed by atoms with Gasteiger partial charge in [-0.25, -0.2) is 13.8 Å². The third-order valence-electron chi connectivity index (χ3n) is 3.80.